The third-order valence-corrected chi connectivity index (χ3v) is 1.55. The molecule has 1 aliphatic heterocycles. The summed E-state index contributed by atoms with van der Waals surface area (Å²) < 4.78 is 2.27. The molecular formula is C8H15N2+. The van der Waals surface area contributed by atoms with E-state index in [1.807, 2.05) is 0 Å². The lowest BCUT2D eigenvalue weighted by atomic mass is 10.3. The number of nitrogens with one attached hydrogen (secondary N) is 1. The van der Waals surface area contributed by atoms with Crippen molar-refractivity contribution in [2.45, 2.75) is 13.8 Å². The molecule has 1 N–H and O–H groups in total. The SMILES string of the molecule is CC(C)=CC[N+]1=CNCC1. The van der Waals surface area contributed by atoms with Gasteiger partial charge in [0, 0.05) is 0 Å². The first kappa shape index (κ1) is 7.32. The highest BCUT2D eigenvalue weighted by Gasteiger charge is 2.04. The van der Waals surface area contributed by atoms with Gasteiger partial charge in [-0.2, -0.15) is 0 Å². The van der Waals surface area contributed by atoms with Gasteiger partial charge >= 0.3 is 0 Å². The molecular weight excluding hydrogens is 124 g/mol. The molecule has 0 aromatic rings. The fourth-order valence-corrected chi connectivity index (χ4v) is 0.910. The van der Waals surface area contributed by atoms with Crippen molar-refractivity contribution >= 4 is 6.34 Å². The average molecular weight is 139 g/mol. The lowest BCUT2D eigenvalue weighted by Gasteiger charge is -1.93. The number of rotatable bonds is 2. The van der Waals surface area contributed by atoms with Crippen molar-refractivity contribution in [3.05, 3.63) is 11.6 Å². The topological polar surface area (TPSA) is 15.0 Å². The van der Waals surface area contributed by atoms with Crippen LogP contribution in [0.5, 0.6) is 0 Å². The van der Waals surface area contributed by atoms with Gasteiger partial charge in [-0.1, -0.05) is 5.57 Å². The second kappa shape index (κ2) is 3.40. The minimum atomic E-state index is 1.05. The van der Waals surface area contributed by atoms with Crippen molar-refractivity contribution in [3.63, 3.8) is 0 Å². The van der Waals surface area contributed by atoms with Crippen LogP contribution in [0.1, 0.15) is 13.8 Å². The zero-order valence-electron chi connectivity index (χ0n) is 6.72. The highest BCUT2D eigenvalue weighted by atomic mass is 15.1. The van der Waals surface area contributed by atoms with Crippen LogP contribution in [0.4, 0.5) is 0 Å². The minimum Gasteiger partial charge on any atom is -0.277 e. The Morgan fingerprint density at radius 1 is 1.70 bits per heavy atom. The zero-order valence-corrected chi connectivity index (χ0v) is 6.72. The molecule has 10 heavy (non-hydrogen) atoms. The molecule has 0 atom stereocenters. The van der Waals surface area contributed by atoms with Crippen molar-refractivity contribution in [3.8, 4) is 0 Å². The summed E-state index contributed by atoms with van der Waals surface area (Å²) in [5, 5.41) is 3.17. The summed E-state index contributed by atoms with van der Waals surface area (Å²) in [4.78, 5) is 0. The molecule has 0 amide bonds. The lowest BCUT2D eigenvalue weighted by Crippen LogP contribution is -2.09. The average Bonchev–Trinajstić information content (AvgIpc) is 2.34. The van der Waals surface area contributed by atoms with Crippen molar-refractivity contribution < 1.29 is 4.58 Å². The zero-order chi connectivity index (χ0) is 7.40. The first-order valence-corrected chi connectivity index (χ1v) is 3.73. The molecule has 0 aromatic heterocycles. The minimum absolute atomic E-state index is 1.05. The van der Waals surface area contributed by atoms with Crippen molar-refractivity contribution in [2.24, 2.45) is 0 Å². The highest BCUT2D eigenvalue weighted by molar-refractivity contribution is 5.49. The summed E-state index contributed by atoms with van der Waals surface area (Å²) in [7, 11) is 0. The Morgan fingerprint density at radius 3 is 3.00 bits per heavy atom. The third-order valence-electron chi connectivity index (χ3n) is 1.55. The quantitative estimate of drug-likeness (QED) is 0.437. The Balaban J connectivity index is 2.32. The van der Waals surface area contributed by atoms with Crippen LogP contribution in [0.3, 0.4) is 0 Å². The fourth-order valence-electron chi connectivity index (χ4n) is 0.910. The standard InChI is InChI=1S/C8H14N2/c1-8(2)3-5-10-6-4-9-7-10/h3,7H,4-6H2,1-2H3/p+1. The summed E-state index contributed by atoms with van der Waals surface area (Å²) in [6.07, 6.45) is 4.29. The molecule has 0 spiro atoms. The van der Waals surface area contributed by atoms with Crippen molar-refractivity contribution in [1.82, 2.24) is 5.32 Å². The normalized spacial score (nSPS) is 16.0. The molecule has 0 saturated heterocycles. The van der Waals surface area contributed by atoms with E-state index in [9.17, 15) is 0 Å². The van der Waals surface area contributed by atoms with Crippen LogP contribution >= 0.6 is 0 Å². The number of hydrogen-bond acceptors (Lipinski definition) is 1. The van der Waals surface area contributed by atoms with E-state index in [1.165, 1.54) is 5.57 Å². The monoisotopic (exact) mass is 139 g/mol. The van der Waals surface area contributed by atoms with Gasteiger partial charge in [0.1, 0.15) is 19.6 Å². The summed E-state index contributed by atoms with van der Waals surface area (Å²) in [6.45, 7) is 7.54. The molecule has 0 saturated carbocycles. The largest absolute Gasteiger partial charge is 0.277 e. The van der Waals surface area contributed by atoms with Crippen LogP contribution in [0.25, 0.3) is 0 Å². The van der Waals surface area contributed by atoms with Gasteiger partial charge in [0.15, 0.2) is 0 Å². The Kier molecular flexibility index (Phi) is 2.49. The van der Waals surface area contributed by atoms with Gasteiger partial charge in [-0.05, 0) is 19.9 Å². The Hall–Kier alpha value is -0.790. The summed E-state index contributed by atoms with van der Waals surface area (Å²) in [5.74, 6) is 0. The van der Waals surface area contributed by atoms with E-state index in [1.54, 1.807) is 0 Å². The lowest BCUT2D eigenvalue weighted by molar-refractivity contribution is -0.503. The van der Waals surface area contributed by atoms with Gasteiger partial charge in [-0.15, -0.1) is 0 Å². The summed E-state index contributed by atoms with van der Waals surface area (Å²) >= 11 is 0. The van der Waals surface area contributed by atoms with Gasteiger partial charge < -0.3 is 0 Å². The van der Waals surface area contributed by atoms with Crippen LogP contribution in [0.15, 0.2) is 11.6 Å². The van der Waals surface area contributed by atoms with E-state index in [-0.39, 0.29) is 0 Å². The number of nitrogens with zero attached hydrogens (tertiary/aromatic N) is 1. The van der Waals surface area contributed by atoms with E-state index in [0.717, 1.165) is 19.6 Å². The van der Waals surface area contributed by atoms with Crippen LogP contribution in [0, 0.1) is 0 Å². The molecule has 0 radical (unpaired) electrons. The van der Waals surface area contributed by atoms with Crippen LogP contribution in [0.2, 0.25) is 0 Å². The second-order valence-electron chi connectivity index (χ2n) is 2.86. The van der Waals surface area contributed by atoms with Gasteiger partial charge in [-0.25, -0.2) is 0 Å². The number of hydrogen-bond donors (Lipinski definition) is 1. The first-order valence-electron chi connectivity index (χ1n) is 3.73. The second-order valence-corrected chi connectivity index (χ2v) is 2.86. The molecule has 0 aromatic carbocycles. The predicted molar refractivity (Wildman–Crippen MR) is 43.5 cm³/mol. The van der Waals surface area contributed by atoms with Crippen molar-refractivity contribution in [1.29, 1.82) is 0 Å². The molecule has 0 fully saturated rings. The number of allylic oxidation sites excluding steroid dienone is 1. The maximum atomic E-state index is 3.17. The molecule has 1 rings (SSSR count). The molecule has 0 aliphatic carbocycles. The van der Waals surface area contributed by atoms with E-state index in [2.05, 4.69) is 36.2 Å². The molecule has 2 heteroatoms. The van der Waals surface area contributed by atoms with Gasteiger partial charge in [0.05, 0.1) is 0 Å². The van der Waals surface area contributed by atoms with E-state index < -0.39 is 0 Å². The van der Waals surface area contributed by atoms with E-state index in [4.69, 9.17) is 0 Å². The van der Waals surface area contributed by atoms with Crippen LogP contribution in [-0.2, 0) is 0 Å². The molecule has 0 bridgehead atoms. The summed E-state index contributed by atoms with van der Waals surface area (Å²) in [6, 6.07) is 0. The third kappa shape index (κ3) is 2.21. The van der Waals surface area contributed by atoms with Gasteiger partial charge in [0.2, 0.25) is 6.34 Å². The smallest absolute Gasteiger partial charge is 0.232 e. The Morgan fingerprint density at radius 2 is 2.50 bits per heavy atom. The van der Waals surface area contributed by atoms with Crippen LogP contribution in [-0.4, -0.2) is 30.5 Å². The van der Waals surface area contributed by atoms with E-state index in [0.29, 0.717) is 0 Å². The maximum Gasteiger partial charge on any atom is 0.232 e. The van der Waals surface area contributed by atoms with E-state index >= 15 is 0 Å². The summed E-state index contributed by atoms with van der Waals surface area (Å²) in [5.41, 5.74) is 1.39. The predicted octanol–water partition coefficient (Wildman–Crippen LogP) is 0.597. The van der Waals surface area contributed by atoms with Gasteiger partial charge in [0.25, 0.3) is 0 Å². The maximum absolute atomic E-state index is 3.17. The van der Waals surface area contributed by atoms with Crippen molar-refractivity contribution in [2.75, 3.05) is 19.6 Å². The molecule has 1 heterocycles. The molecule has 56 valence electrons. The first-order chi connectivity index (χ1) is 4.79. The molecule has 1 aliphatic rings. The Labute approximate surface area is 62.3 Å². The fraction of sp³-hybridized carbons (Fsp3) is 0.625. The van der Waals surface area contributed by atoms with Gasteiger partial charge in [-0.3, -0.25) is 9.89 Å². The molecule has 2 nitrogen and oxygen atoms in total. The molecule has 0 unspecified atom stereocenters. The Bertz CT molecular complexity index is 164. The van der Waals surface area contributed by atoms with Crippen LogP contribution < -0.4 is 5.32 Å². The highest BCUT2D eigenvalue weighted by Crippen LogP contribution is 1.89.